The van der Waals surface area contributed by atoms with Gasteiger partial charge in [0.15, 0.2) is 0 Å². The third-order valence-electron chi connectivity index (χ3n) is 7.42. The Bertz CT molecular complexity index is 718. The lowest BCUT2D eigenvalue weighted by atomic mass is 9.23. The zero-order chi connectivity index (χ0) is 10.7. The van der Waals surface area contributed by atoms with E-state index in [9.17, 15) is 0 Å². The van der Waals surface area contributed by atoms with E-state index >= 15 is 0 Å². The van der Waals surface area contributed by atoms with E-state index in [1.165, 1.54) is 19.3 Å². The topological polar surface area (TPSA) is 0 Å². The predicted octanol–water partition coefficient (Wildman–Crippen LogP) is 3.71. The first-order valence-corrected chi connectivity index (χ1v) is 7.15. The predicted molar refractivity (Wildman–Crippen MR) is 66.8 cm³/mol. The van der Waals surface area contributed by atoms with Gasteiger partial charge in [0.2, 0.25) is 0 Å². The molecule has 0 nitrogen and oxygen atoms in total. The molecule has 0 aromatic heterocycles. The maximum Gasteiger partial charge on any atom is 0.0167 e. The summed E-state index contributed by atoms with van der Waals surface area (Å²) >= 11 is 0. The summed E-state index contributed by atoms with van der Waals surface area (Å²) in [4.78, 5) is 0. The first-order valence-electron chi connectivity index (χ1n) is 7.15. The van der Waals surface area contributed by atoms with Gasteiger partial charge >= 0.3 is 0 Å². The fourth-order valence-electron chi connectivity index (χ4n) is 7.48. The molecule has 5 atom stereocenters. The fourth-order valence-corrected chi connectivity index (χ4v) is 7.48. The third kappa shape index (κ3) is 0.424. The van der Waals surface area contributed by atoms with Gasteiger partial charge in [-0.15, -0.1) is 0 Å². The molecule has 82 valence electrons. The average Bonchev–Trinajstić information content (AvgIpc) is 2.38. The molecule has 0 radical (unpaired) electrons. The van der Waals surface area contributed by atoms with Gasteiger partial charge in [0.1, 0.15) is 0 Å². The molecule has 8 rings (SSSR count). The Morgan fingerprint density at radius 2 is 2.24 bits per heavy atom. The van der Waals surface area contributed by atoms with Crippen LogP contribution in [0.3, 0.4) is 0 Å². The van der Waals surface area contributed by atoms with Crippen LogP contribution in [0.4, 0.5) is 0 Å². The SMILES string of the molecule is CC12CC3c4c5c6cc7c4C(C7=C6)C(C5)(C1)C32. The molecular formula is C17H14. The standard InChI is InChI=1S/C17H14/c1-16-4-11-12-10-5-17(6-16,15(11)16)14-9-3-7(10)2-8(9)13(12)14/h2-3,11,14-15H,4-6H2,1H3. The Labute approximate surface area is 101 Å². The van der Waals surface area contributed by atoms with Crippen molar-refractivity contribution in [2.45, 2.75) is 38.0 Å². The van der Waals surface area contributed by atoms with Crippen LogP contribution in [0, 0.1) is 16.7 Å². The van der Waals surface area contributed by atoms with Gasteiger partial charge in [0, 0.05) is 5.92 Å². The monoisotopic (exact) mass is 218 g/mol. The van der Waals surface area contributed by atoms with Gasteiger partial charge in [-0.3, -0.25) is 0 Å². The van der Waals surface area contributed by atoms with Crippen molar-refractivity contribution in [2.75, 3.05) is 0 Å². The minimum absolute atomic E-state index is 0.718. The molecule has 5 unspecified atom stereocenters. The fraction of sp³-hybridized carbons (Fsp3) is 0.529. The summed E-state index contributed by atoms with van der Waals surface area (Å²) in [6, 6.07) is 2.49. The lowest BCUT2D eigenvalue weighted by Gasteiger charge is -2.81. The smallest absolute Gasteiger partial charge is 0.0167 e. The molecule has 7 aliphatic carbocycles. The third-order valence-corrected chi connectivity index (χ3v) is 7.42. The van der Waals surface area contributed by atoms with E-state index in [1.54, 1.807) is 22.3 Å². The van der Waals surface area contributed by atoms with Crippen molar-refractivity contribution in [2.24, 2.45) is 16.7 Å². The zero-order valence-electron chi connectivity index (χ0n) is 10.0. The molecule has 0 N–H and O–H groups in total. The minimum atomic E-state index is 0.718. The highest BCUT2D eigenvalue weighted by Gasteiger charge is 2.79. The van der Waals surface area contributed by atoms with Crippen LogP contribution in [0.5, 0.6) is 0 Å². The number of allylic oxidation sites excluding steroid dienone is 1. The van der Waals surface area contributed by atoms with Crippen LogP contribution in [0.1, 0.15) is 59.4 Å². The van der Waals surface area contributed by atoms with E-state index in [2.05, 4.69) is 19.1 Å². The van der Waals surface area contributed by atoms with Gasteiger partial charge in [-0.1, -0.05) is 13.0 Å². The molecule has 1 aromatic rings. The van der Waals surface area contributed by atoms with Gasteiger partial charge < -0.3 is 0 Å². The Morgan fingerprint density at radius 3 is 3.12 bits per heavy atom. The zero-order valence-corrected chi connectivity index (χ0v) is 10.0. The van der Waals surface area contributed by atoms with Crippen molar-refractivity contribution in [1.29, 1.82) is 0 Å². The van der Waals surface area contributed by atoms with Gasteiger partial charge in [-0.2, -0.15) is 0 Å². The van der Waals surface area contributed by atoms with Crippen LogP contribution in [-0.4, -0.2) is 0 Å². The number of benzene rings is 1. The maximum absolute atomic E-state index is 2.56. The summed E-state index contributed by atoms with van der Waals surface area (Å²) in [5.41, 5.74) is 12.0. The highest BCUT2D eigenvalue weighted by atomic mass is 14.8. The molecule has 2 fully saturated rings. The van der Waals surface area contributed by atoms with Crippen molar-refractivity contribution in [3.05, 3.63) is 33.9 Å². The molecule has 0 heterocycles. The number of fused-ring (bicyclic) bond motifs is 1. The minimum Gasteiger partial charge on any atom is -0.0593 e. The molecule has 2 saturated carbocycles. The van der Waals surface area contributed by atoms with Gasteiger partial charge in [-0.25, -0.2) is 0 Å². The van der Waals surface area contributed by atoms with Gasteiger partial charge in [0.05, 0.1) is 0 Å². The maximum atomic E-state index is 2.56. The number of rotatable bonds is 0. The Morgan fingerprint density at radius 1 is 1.29 bits per heavy atom. The number of hydrogen-bond acceptors (Lipinski definition) is 0. The van der Waals surface area contributed by atoms with Gasteiger partial charge in [0.25, 0.3) is 0 Å². The summed E-state index contributed by atoms with van der Waals surface area (Å²) in [5.74, 6) is 2.95. The lowest BCUT2D eigenvalue weighted by molar-refractivity contribution is -0.233. The molecular weight excluding hydrogens is 204 g/mol. The average molecular weight is 218 g/mol. The van der Waals surface area contributed by atoms with E-state index in [4.69, 9.17) is 0 Å². The molecule has 6 bridgehead atoms. The van der Waals surface area contributed by atoms with Crippen LogP contribution >= 0.6 is 0 Å². The quantitative estimate of drug-likeness (QED) is 0.622. The first kappa shape index (κ1) is 7.41. The van der Waals surface area contributed by atoms with E-state index < -0.39 is 0 Å². The van der Waals surface area contributed by atoms with E-state index in [1.807, 2.05) is 11.1 Å². The molecule has 0 heteroatoms. The summed E-state index contributed by atoms with van der Waals surface area (Å²) in [6.45, 7) is 2.56. The van der Waals surface area contributed by atoms with Crippen LogP contribution < -0.4 is 0 Å². The Balaban J connectivity index is 1.74. The van der Waals surface area contributed by atoms with Crippen molar-refractivity contribution in [1.82, 2.24) is 0 Å². The molecule has 0 aliphatic heterocycles. The van der Waals surface area contributed by atoms with Crippen LogP contribution in [0.15, 0.2) is 6.07 Å². The summed E-state index contributed by atoms with van der Waals surface area (Å²) in [7, 11) is 0. The second kappa shape index (κ2) is 1.58. The molecule has 1 spiro atoms. The van der Waals surface area contributed by atoms with Gasteiger partial charge in [-0.05, 0) is 81.4 Å². The number of hydrogen-bond donors (Lipinski definition) is 0. The van der Waals surface area contributed by atoms with Crippen molar-refractivity contribution < 1.29 is 0 Å². The Hall–Kier alpha value is -1.04. The normalized spacial score (nSPS) is 54.9. The molecule has 0 amide bonds. The van der Waals surface area contributed by atoms with E-state index in [0.29, 0.717) is 0 Å². The highest BCUT2D eigenvalue weighted by Crippen LogP contribution is 2.88. The van der Waals surface area contributed by atoms with Crippen molar-refractivity contribution in [3.63, 3.8) is 0 Å². The lowest BCUT2D eigenvalue weighted by Crippen LogP contribution is -2.72. The van der Waals surface area contributed by atoms with E-state index in [-0.39, 0.29) is 0 Å². The molecule has 7 aliphatic rings. The summed E-state index contributed by atoms with van der Waals surface area (Å²) in [6.07, 6.45) is 7.02. The summed E-state index contributed by atoms with van der Waals surface area (Å²) in [5, 5.41) is 0. The molecule has 17 heavy (non-hydrogen) atoms. The van der Waals surface area contributed by atoms with E-state index in [0.717, 1.165) is 28.6 Å². The van der Waals surface area contributed by atoms with Crippen molar-refractivity contribution in [3.8, 4) is 0 Å². The first-order chi connectivity index (χ1) is 8.23. The largest absolute Gasteiger partial charge is 0.0593 e. The second-order valence-corrected chi connectivity index (χ2v) is 7.88. The Kier molecular flexibility index (Phi) is 0.688. The van der Waals surface area contributed by atoms with Crippen LogP contribution in [0.2, 0.25) is 0 Å². The second-order valence-electron chi connectivity index (χ2n) is 7.88. The van der Waals surface area contributed by atoms with Crippen LogP contribution in [0.25, 0.3) is 11.6 Å². The highest BCUT2D eigenvalue weighted by molar-refractivity contribution is 6.04. The molecule has 1 aromatic carbocycles. The van der Waals surface area contributed by atoms with Crippen LogP contribution in [-0.2, 0) is 6.42 Å². The van der Waals surface area contributed by atoms with Crippen molar-refractivity contribution >= 4 is 11.6 Å². The summed E-state index contributed by atoms with van der Waals surface area (Å²) < 4.78 is 0. The molecule has 0 saturated heterocycles.